The van der Waals surface area contributed by atoms with Gasteiger partial charge in [-0.05, 0) is 47.5 Å². The van der Waals surface area contributed by atoms with Crippen molar-refractivity contribution in [3.63, 3.8) is 0 Å². The van der Waals surface area contributed by atoms with Gasteiger partial charge in [0.25, 0.3) is 0 Å². The fourth-order valence-corrected chi connectivity index (χ4v) is 7.75. The molecule has 2 aromatic heterocycles. The number of amidine groups is 1. The summed E-state index contributed by atoms with van der Waals surface area (Å²) in [6.07, 6.45) is 6.28. The molecule has 6 heteroatoms. The van der Waals surface area contributed by atoms with Gasteiger partial charge in [0.15, 0.2) is 0 Å². The van der Waals surface area contributed by atoms with Crippen molar-refractivity contribution in [1.29, 1.82) is 0 Å². The molecule has 5 nitrogen and oxygen atoms in total. The maximum absolute atomic E-state index is 5.12. The highest BCUT2D eigenvalue weighted by molar-refractivity contribution is 7.25. The van der Waals surface area contributed by atoms with Crippen LogP contribution in [0.15, 0.2) is 150 Å². The van der Waals surface area contributed by atoms with Gasteiger partial charge in [-0.15, -0.1) is 11.3 Å². The molecule has 2 aliphatic rings. The summed E-state index contributed by atoms with van der Waals surface area (Å²) in [5.41, 5.74) is 5.78. The number of hydrogen-bond donors (Lipinski definition) is 3. The normalized spacial score (nSPS) is 20.0. The lowest BCUT2D eigenvalue weighted by atomic mass is 10.1. The van der Waals surface area contributed by atoms with Gasteiger partial charge in [-0.3, -0.25) is 5.32 Å². The molecule has 4 heterocycles. The number of para-hydroxylation sites is 1. The van der Waals surface area contributed by atoms with Crippen LogP contribution in [0.2, 0.25) is 0 Å². The van der Waals surface area contributed by atoms with Crippen molar-refractivity contribution in [2.45, 2.75) is 18.5 Å². The van der Waals surface area contributed by atoms with Crippen molar-refractivity contribution in [1.82, 2.24) is 20.5 Å². The van der Waals surface area contributed by atoms with E-state index in [0.29, 0.717) is 0 Å². The van der Waals surface area contributed by atoms with Crippen LogP contribution in [-0.2, 0) is 0 Å². The summed E-state index contributed by atoms with van der Waals surface area (Å²) in [5.74, 6) is 0.864. The third kappa shape index (κ3) is 4.14. The molecule has 3 unspecified atom stereocenters. The molecule has 2 aliphatic heterocycles. The monoisotopic (exact) mass is 587 g/mol. The minimum atomic E-state index is -0.161. The zero-order valence-electron chi connectivity index (χ0n) is 23.8. The van der Waals surface area contributed by atoms with Crippen molar-refractivity contribution < 1.29 is 0 Å². The van der Waals surface area contributed by atoms with E-state index in [1.54, 1.807) is 0 Å². The van der Waals surface area contributed by atoms with Crippen molar-refractivity contribution in [3.05, 3.63) is 156 Å². The van der Waals surface area contributed by atoms with Crippen LogP contribution in [-0.4, -0.2) is 10.4 Å². The highest BCUT2D eigenvalue weighted by atomic mass is 32.1. The Labute approximate surface area is 258 Å². The van der Waals surface area contributed by atoms with Crippen molar-refractivity contribution in [2.75, 3.05) is 0 Å². The molecule has 0 amide bonds. The van der Waals surface area contributed by atoms with E-state index in [0.717, 1.165) is 17.0 Å². The van der Waals surface area contributed by atoms with Crippen molar-refractivity contribution in [2.24, 2.45) is 4.99 Å². The highest BCUT2D eigenvalue weighted by Gasteiger charge is 2.27. The van der Waals surface area contributed by atoms with Gasteiger partial charge in [-0.1, -0.05) is 97.1 Å². The summed E-state index contributed by atoms with van der Waals surface area (Å²) >= 11 is 1.86. The maximum atomic E-state index is 5.12. The number of dihydropyridines is 1. The molecule has 3 N–H and O–H groups in total. The standard InChI is InChI=1S/C38H29N5S/c1-3-11-24(12-4-1)36-40-37(25-13-5-2-6-14-25)42-38(41-36)26-19-20-35(39-23-26)43-31-17-9-7-15-27(31)29-21-30-28-16-8-10-18-33(28)44-34(30)22-32(29)43/h1-23,35-37,39-40H,(H,41,42). The van der Waals surface area contributed by atoms with E-state index in [4.69, 9.17) is 4.99 Å². The first-order valence-electron chi connectivity index (χ1n) is 15.0. The molecular formula is C38H29N5S. The summed E-state index contributed by atoms with van der Waals surface area (Å²) in [5, 5.41) is 16.2. The average molecular weight is 588 g/mol. The molecule has 0 bridgehead atoms. The quantitative estimate of drug-likeness (QED) is 0.193. The van der Waals surface area contributed by atoms with E-state index in [9.17, 15) is 0 Å². The molecule has 44 heavy (non-hydrogen) atoms. The number of aliphatic imine (C=N–C) groups is 1. The molecule has 0 aliphatic carbocycles. The van der Waals surface area contributed by atoms with Gasteiger partial charge in [0.1, 0.15) is 24.3 Å². The Kier molecular flexibility index (Phi) is 5.89. The first-order chi connectivity index (χ1) is 21.8. The summed E-state index contributed by atoms with van der Waals surface area (Å²) in [6, 6.07) is 43.1. The molecule has 9 rings (SSSR count). The Hall–Kier alpha value is -5.17. The largest absolute Gasteiger partial charge is 0.367 e. The minimum Gasteiger partial charge on any atom is -0.367 e. The van der Waals surface area contributed by atoms with Crippen LogP contribution in [0.1, 0.15) is 29.6 Å². The molecule has 7 aromatic rings. The van der Waals surface area contributed by atoms with Crippen LogP contribution in [0.4, 0.5) is 0 Å². The van der Waals surface area contributed by atoms with Crippen molar-refractivity contribution in [3.8, 4) is 0 Å². The van der Waals surface area contributed by atoms with Crippen LogP contribution >= 0.6 is 11.3 Å². The smallest absolute Gasteiger partial charge is 0.133 e. The molecule has 212 valence electrons. The number of hydrogen-bond acceptors (Lipinski definition) is 5. The summed E-state index contributed by atoms with van der Waals surface area (Å²) in [7, 11) is 0. The highest BCUT2D eigenvalue weighted by Crippen LogP contribution is 2.40. The van der Waals surface area contributed by atoms with Crippen LogP contribution in [0, 0.1) is 0 Å². The molecule has 0 saturated carbocycles. The van der Waals surface area contributed by atoms with Gasteiger partial charge in [-0.2, -0.15) is 0 Å². The van der Waals surface area contributed by atoms with Gasteiger partial charge in [0.05, 0.1) is 11.0 Å². The molecule has 0 spiro atoms. The predicted octanol–water partition coefficient (Wildman–Crippen LogP) is 8.69. The molecule has 0 fully saturated rings. The summed E-state index contributed by atoms with van der Waals surface area (Å²) in [6.45, 7) is 0. The van der Waals surface area contributed by atoms with Gasteiger partial charge in [0.2, 0.25) is 0 Å². The second-order valence-electron chi connectivity index (χ2n) is 11.4. The van der Waals surface area contributed by atoms with Gasteiger partial charge >= 0.3 is 0 Å². The minimum absolute atomic E-state index is 0.0369. The van der Waals surface area contributed by atoms with E-state index in [2.05, 4.69) is 148 Å². The lowest BCUT2D eigenvalue weighted by molar-refractivity contribution is 0.408. The molecule has 3 atom stereocenters. The molecule has 0 saturated heterocycles. The predicted molar refractivity (Wildman–Crippen MR) is 184 cm³/mol. The lowest BCUT2D eigenvalue weighted by Crippen LogP contribution is -2.45. The number of nitrogens with zero attached hydrogens (tertiary/aromatic N) is 2. The third-order valence-electron chi connectivity index (χ3n) is 8.74. The van der Waals surface area contributed by atoms with Crippen LogP contribution < -0.4 is 16.0 Å². The van der Waals surface area contributed by atoms with Crippen LogP contribution in [0.25, 0.3) is 42.0 Å². The van der Waals surface area contributed by atoms with Gasteiger partial charge in [0, 0.05) is 42.7 Å². The molecule has 5 aromatic carbocycles. The number of aromatic nitrogens is 1. The Morgan fingerprint density at radius 2 is 1.36 bits per heavy atom. The first-order valence-corrected chi connectivity index (χ1v) is 15.8. The second-order valence-corrected chi connectivity index (χ2v) is 12.5. The number of rotatable bonds is 4. The van der Waals surface area contributed by atoms with Gasteiger partial charge in [-0.25, -0.2) is 4.99 Å². The van der Waals surface area contributed by atoms with E-state index >= 15 is 0 Å². The van der Waals surface area contributed by atoms with E-state index in [-0.39, 0.29) is 18.5 Å². The summed E-state index contributed by atoms with van der Waals surface area (Å²) in [4.78, 5) is 5.12. The van der Waals surface area contributed by atoms with E-state index in [1.807, 2.05) is 23.5 Å². The van der Waals surface area contributed by atoms with E-state index < -0.39 is 0 Å². The van der Waals surface area contributed by atoms with Crippen LogP contribution in [0.3, 0.4) is 0 Å². The fraction of sp³-hybridized carbons (Fsp3) is 0.0789. The zero-order chi connectivity index (χ0) is 29.0. The Morgan fingerprint density at radius 1 is 0.636 bits per heavy atom. The Bertz CT molecular complexity index is 2280. The molecule has 0 radical (unpaired) electrons. The average Bonchev–Trinajstić information content (AvgIpc) is 3.62. The zero-order valence-corrected chi connectivity index (χ0v) is 24.6. The Morgan fingerprint density at radius 3 is 2.16 bits per heavy atom. The number of benzene rings is 5. The Balaban J connectivity index is 1.10. The van der Waals surface area contributed by atoms with Gasteiger partial charge < -0.3 is 15.2 Å². The second kappa shape index (κ2) is 10.2. The first kappa shape index (κ1) is 25.3. The number of thiophene rings is 1. The molecular weight excluding hydrogens is 559 g/mol. The number of fused-ring (bicyclic) bond motifs is 6. The summed E-state index contributed by atoms with van der Waals surface area (Å²) < 4.78 is 5.06. The number of nitrogens with one attached hydrogen (secondary N) is 3. The SMILES string of the molecule is C1=CC(n2c3ccccc3c3cc4c(cc32)sc2ccccc24)NC=C1C1=NC(c2ccccc2)NC(c2ccccc2)N1. The third-order valence-corrected chi connectivity index (χ3v) is 9.87. The fourth-order valence-electron chi connectivity index (χ4n) is 6.63. The van der Waals surface area contributed by atoms with E-state index in [1.165, 1.54) is 47.5 Å². The topological polar surface area (TPSA) is 53.4 Å². The lowest BCUT2D eigenvalue weighted by Gasteiger charge is -2.33. The van der Waals surface area contributed by atoms with Crippen LogP contribution in [0.5, 0.6) is 0 Å². The van der Waals surface area contributed by atoms with Crippen molar-refractivity contribution >= 4 is 59.2 Å². The maximum Gasteiger partial charge on any atom is 0.133 e.